The van der Waals surface area contributed by atoms with Crippen molar-refractivity contribution in [2.24, 2.45) is 5.41 Å². The number of nitrogens with zero attached hydrogens (tertiary/aromatic N) is 1. The molecule has 2 rings (SSSR count). The van der Waals surface area contributed by atoms with Crippen LogP contribution in [0.2, 0.25) is 0 Å². The maximum absolute atomic E-state index is 11.9. The van der Waals surface area contributed by atoms with Crippen molar-refractivity contribution in [2.45, 2.75) is 58.2 Å². The van der Waals surface area contributed by atoms with Crippen molar-refractivity contribution in [3.8, 4) is 0 Å². The average Bonchev–Trinajstić information content (AvgIpc) is 2.22. The molecule has 0 radical (unpaired) electrons. The van der Waals surface area contributed by atoms with Crippen LogP contribution in [0.1, 0.15) is 46.5 Å². The summed E-state index contributed by atoms with van der Waals surface area (Å²) < 4.78 is 32.6. The first-order chi connectivity index (χ1) is 9.48. The molecule has 1 saturated carbocycles. The molecule has 6 nitrogen and oxygen atoms in total. The van der Waals surface area contributed by atoms with Gasteiger partial charge in [0, 0.05) is 18.5 Å². The normalized spacial score (nSPS) is 23.0. The molecule has 7 heteroatoms. The lowest BCUT2D eigenvalue weighted by atomic mass is 9.68. The van der Waals surface area contributed by atoms with Gasteiger partial charge in [0.2, 0.25) is 0 Å². The second-order valence-corrected chi connectivity index (χ2v) is 8.94. The summed E-state index contributed by atoms with van der Waals surface area (Å²) >= 11 is 0. The van der Waals surface area contributed by atoms with E-state index in [1.807, 2.05) is 20.8 Å². The largest absolute Gasteiger partial charge is 0.444 e. The Bertz CT molecular complexity index is 492. The van der Waals surface area contributed by atoms with Crippen LogP contribution in [0.15, 0.2) is 0 Å². The second-order valence-electron chi connectivity index (χ2n) is 7.34. The van der Waals surface area contributed by atoms with Gasteiger partial charge in [0.15, 0.2) is 0 Å². The third-order valence-electron chi connectivity index (χ3n) is 4.01. The molecule has 0 unspecified atom stereocenters. The maximum atomic E-state index is 11.9. The van der Waals surface area contributed by atoms with Gasteiger partial charge in [0.05, 0.1) is 12.4 Å². The van der Waals surface area contributed by atoms with Crippen LogP contribution in [-0.2, 0) is 19.0 Å². The van der Waals surface area contributed by atoms with Gasteiger partial charge in [-0.1, -0.05) is 0 Å². The number of carbonyl (C=O) groups is 1. The Kier molecular flexibility index (Phi) is 4.28. The predicted molar refractivity (Wildman–Crippen MR) is 78.4 cm³/mol. The summed E-state index contributed by atoms with van der Waals surface area (Å²) in [6.45, 7) is 6.97. The van der Waals surface area contributed by atoms with E-state index in [2.05, 4.69) is 0 Å². The quantitative estimate of drug-likeness (QED) is 0.729. The second kappa shape index (κ2) is 5.43. The number of carbonyl (C=O) groups excluding carboxylic acids is 1. The minimum atomic E-state index is -3.38. The van der Waals surface area contributed by atoms with Crippen molar-refractivity contribution in [3.63, 3.8) is 0 Å². The molecule has 0 aromatic rings. The van der Waals surface area contributed by atoms with Crippen molar-refractivity contribution in [2.75, 3.05) is 19.3 Å². The molecule has 0 bridgehead atoms. The van der Waals surface area contributed by atoms with E-state index in [1.165, 1.54) is 0 Å². The molecule has 0 aromatic heterocycles. The number of ether oxygens (including phenoxy) is 1. The van der Waals surface area contributed by atoms with Gasteiger partial charge in [-0.05, 0) is 46.5 Å². The van der Waals surface area contributed by atoms with Crippen molar-refractivity contribution in [1.82, 2.24) is 4.90 Å². The van der Waals surface area contributed by atoms with Crippen molar-refractivity contribution >= 4 is 16.2 Å². The van der Waals surface area contributed by atoms with Crippen LogP contribution in [0.4, 0.5) is 4.79 Å². The molecule has 0 N–H and O–H groups in total. The fraction of sp³-hybridized carbons (Fsp3) is 0.929. The topological polar surface area (TPSA) is 72.9 Å². The third-order valence-corrected chi connectivity index (χ3v) is 4.63. The first-order valence-corrected chi connectivity index (χ1v) is 9.16. The lowest BCUT2D eigenvalue weighted by molar-refractivity contribution is -0.0601. The fourth-order valence-corrected chi connectivity index (χ4v) is 3.77. The van der Waals surface area contributed by atoms with Crippen molar-refractivity contribution in [1.29, 1.82) is 0 Å². The van der Waals surface area contributed by atoms with Gasteiger partial charge < -0.3 is 9.64 Å². The van der Waals surface area contributed by atoms with Crippen LogP contribution < -0.4 is 0 Å². The maximum Gasteiger partial charge on any atom is 0.410 e. The predicted octanol–water partition coefficient (Wildman–Crippen LogP) is 2.14. The van der Waals surface area contributed by atoms with Crippen molar-refractivity contribution in [3.05, 3.63) is 0 Å². The fourth-order valence-electron chi connectivity index (χ4n) is 3.08. The van der Waals surface area contributed by atoms with Gasteiger partial charge >= 0.3 is 6.09 Å². The van der Waals surface area contributed by atoms with Gasteiger partial charge in [-0.15, -0.1) is 0 Å². The highest BCUT2D eigenvalue weighted by Crippen LogP contribution is 2.45. The number of hydrogen-bond acceptors (Lipinski definition) is 5. The van der Waals surface area contributed by atoms with Gasteiger partial charge in [-0.2, -0.15) is 8.42 Å². The molecule has 1 saturated heterocycles. The highest BCUT2D eigenvalue weighted by Gasteiger charge is 2.48. The number of rotatable bonds is 2. The molecule has 122 valence electrons. The zero-order valence-electron chi connectivity index (χ0n) is 13.2. The van der Waals surface area contributed by atoms with Gasteiger partial charge in [-0.3, -0.25) is 4.18 Å². The van der Waals surface area contributed by atoms with Crippen LogP contribution in [0.5, 0.6) is 0 Å². The van der Waals surface area contributed by atoms with E-state index < -0.39 is 15.7 Å². The highest BCUT2D eigenvalue weighted by atomic mass is 32.2. The van der Waals surface area contributed by atoms with Crippen molar-refractivity contribution < 1.29 is 22.1 Å². The van der Waals surface area contributed by atoms with Gasteiger partial charge in [0.1, 0.15) is 5.60 Å². The van der Waals surface area contributed by atoms with E-state index in [4.69, 9.17) is 8.92 Å². The smallest absolute Gasteiger partial charge is 0.410 e. The minimum absolute atomic E-state index is 0.133. The molecule has 1 aliphatic heterocycles. The standard InChI is InChI=1S/C14H25NO5S/c1-13(2,3)19-12(16)15-9-14(10-15)7-5-11(6-8-14)20-21(4,17)18/h11H,5-10H2,1-4H3. The van der Waals surface area contributed by atoms with E-state index in [1.54, 1.807) is 4.90 Å². The molecule has 1 heterocycles. The summed E-state index contributed by atoms with van der Waals surface area (Å²) in [5, 5.41) is 0. The molecule has 1 aliphatic carbocycles. The first kappa shape index (κ1) is 16.5. The SMILES string of the molecule is CC(C)(C)OC(=O)N1CC2(CCC(OS(C)(=O)=O)CC2)C1. The Morgan fingerprint density at radius 3 is 2.14 bits per heavy atom. The van der Waals surface area contributed by atoms with Crippen LogP contribution in [0.25, 0.3) is 0 Å². The van der Waals surface area contributed by atoms with Crippen LogP contribution in [0, 0.1) is 5.41 Å². The van der Waals surface area contributed by atoms with E-state index in [-0.39, 0.29) is 17.6 Å². The summed E-state index contributed by atoms with van der Waals surface area (Å²) in [6, 6.07) is 0. The number of amides is 1. The molecule has 2 fully saturated rings. The monoisotopic (exact) mass is 319 g/mol. The number of likely N-dealkylation sites (tertiary alicyclic amines) is 1. The van der Waals surface area contributed by atoms with Crippen LogP contribution in [-0.4, -0.2) is 50.5 Å². The van der Waals surface area contributed by atoms with Crippen LogP contribution >= 0.6 is 0 Å². The lowest BCUT2D eigenvalue weighted by Crippen LogP contribution is -2.60. The average molecular weight is 319 g/mol. The summed E-state index contributed by atoms with van der Waals surface area (Å²) in [5.41, 5.74) is -0.338. The van der Waals surface area contributed by atoms with Gasteiger partial charge in [-0.25, -0.2) is 4.79 Å². The zero-order chi connectivity index (χ0) is 15.9. The van der Waals surface area contributed by atoms with E-state index in [0.29, 0.717) is 13.1 Å². The van der Waals surface area contributed by atoms with E-state index >= 15 is 0 Å². The summed E-state index contributed by atoms with van der Waals surface area (Å²) in [4.78, 5) is 13.6. The van der Waals surface area contributed by atoms with Crippen LogP contribution in [0.3, 0.4) is 0 Å². The Morgan fingerprint density at radius 2 is 1.71 bits per heavy atom. The summed E-state index contributed by atoms with van der Waals surface area (Å²) in [7, 11) is -3.38. The first-order valence-electron chi connectivity index (χ1n) is 7.34. The molecule has 2 aliphatic rings. The van der Waals surface area contributed by atoms with E-state index in [9.17, 15) is 13.2 Å². The lowest BCUT2D eigenvalue weighted by Gasteiger charge is -2.52. The molecular formula is C14H25NO5S. The molecule has 0 atom stereocenters. The molecular weight excluding hydrogens is 294 g/mol. The Balaban J connectivity index is 1.78. The molecule has 1 spiro atoms. The Labute approximate surface area is 126 Å². The summed E-state index contributed by atoms with van der Waals surface area (Å²) in [6.07, 6.45) is 3.87. The Morgan fingerprint density at radius 1 is 1.19 bits per heavy atom. The minimum Gasteiger partial charge on any atom is -0.444 e. The highest BCUT2D eigenvalue weighted by molar-refractivity contribution is 7.86. The molecule has 1 amide bonds. The molecule has 21 heavy (non-hydrogen) atoms. The third kappa shape index (κ3) is 4.57. The summed E-state index contributed by atoms with van der Waals surface area (Å²) in [5.74, 6) is 0. The molecule has 0 aromatic carbocycles. The zero-order valence-corrected chi connectivity index (χ0v) is 14.0. The van der Waals surface area contributed by atoms with Gasteiger partial charge in [0.25, 0.3) is 10.1 Å². The number of hydrogen-bond donors (Lipinski definition) is 0. The van der Waals surface area contributed by atoms with E-state index in [0.717, 1.165) is 31.9 Å². The Hall–Kier alpha value is -0.820.